The molecule has 1 aromatic rings. The fourth-order valence-corrected chi connectivity index (χ4v) is 1.38. The Hall–Kier alpha value is -1.14. The Balaban J connectivity index is 2.79. The van der Waals surface area contributed by atoms with Crippen LogP contribution in [0.25, 0.3) is 0 Å². The molecule has 82 valence electrons. The molecule has 0 fully saturated rings. The molecule has 0 aliphatic rings. The second-order valence-corrected chi connectivity index (χ2v) is 4.43. The Bertz CT molecular complexity index is 365. The summed E-state index contributed by atoms with van der Waals surface area (Å²) < 4.78 is 0. The van der Waals surface area contributed by atoms with Gasteiger partial charge < -0.3 is 5.11 Å². The average molecular weight is 233 g/mol. The van der Waals surface area contributed by atoms with Gasteiger partial charge in [0.1, 0.15) is 0 Å². The van der Waals surface area contributed by atoms with Crippen LogP contribution in [-0.4, -0.2) is 35.7 Å². The van der Waals surface area contributed by atoms with E-state index < -0.39 is 13.9 Å². The van der Waals surface area contributed by atoms with Crippen LogP contribution < -0.4 is 5.44 Å². The quantitative estimate of drug-likeness (QED) is 0.484. The molecule has 0 spiro atoms. The van der Waals surface area contributed by atoms with Crippen LogP contribution in [0.2, 0.25) is 0 Å². The van der Waals surface area contributed by atoms with E-state index in [9.17, 15) is 4.79 Å². The van der Waals surface area contributed by atoms with Crippen LogP contribution in [0.3, 0.4) is 0 Å². The van der Waals surface area contributed by atoms with Crippen LogP contribution in [-0.2, 0) is 11.2 Å². The van der Waals surface area contributed by atoms with E-state index in [-0.39, 0.29) is 24.0 Å². The van der Waals surface area contributed by atoms with E-state index in [1.165, 1.54) is 6.20 Å². The molecule has 0 saturated carbocycles. The predicted molar refractivity (Wildman–Crippen MR) is 51.2 cm³/mol. The van der Waals surface area contributed by atoms with Crippen LogP contribution in [0.5, 0.6) is 0 Å². The molecule has 1 rings (SSSR count). The summed E-state index contributed by atoms with van der Waals surface area (Å²) in [5.74, 6) is -0.986. The van der Waals surface area contributed by atoms with E-state index in [1.54, 1.807) is 0 Å². The zero-order valence-corrected chi connectivity index (χ0v) is 8.50. The molecule has 0 unspecified atom stereocenters. The maximum absolute atomic E-state index is 10.3. The Morgan fingerprint density at radius 2 is 2.00 bits per heavy atom. The van der Waals surface area contributed by atoms with Crippen LogP contribution in [0.1, 0.15) is 12.1 Å². The van der Waals surface area contributed by atoms with Crippen molar-refractivity contribution in [2.45, 2.75) is 12.8 Å². The summed E-state index contributed by atoms with van der Waals surface area (Å²) in [5.41, 5.74) is -0.0400. The van der Waals surface area contributed by atoms with Gasteiger partial charge in [0.15, 0.2) is 0 Å². The molecule has 0 radical (unpaired) electrons. The van der Waals surface area contributed by atoms with Crippen LogP contribution in [0.15, 0.2) is 12.4 Å². The molecule has 0 atom stereocenters. The van der Waals surface area contributed by atoms with Crippen molar-refractivity contribution < 1.29 is 24.6 Å². The van der Waals surface area contributed by atoms with Crippen LogP contribution >= 0.6 is 7.94 Å². The Labute approximate surface area is 85.6 Å². The van der Waals surface area contributed by atoms with Gasteiger partial charge in [-0.05, 0) is 0 Å². The minimum atomic E-state index is -4.16. The fraction of sp³-hybridized carbons (Fsp3) is 0.286. The number of hydrogen-bond donors (Lipinski definition) is 4. The predicted octanol–water partition coefficient (Wildman–Crippen LogP) is -1.14. The minimum Gasteiger partial charge on any atom is -0.481 e. The van der Waals surface area contributed by atoms with Crippen LogP contribution in [0.4, 0.5) is 0 Å². The lowest BCUT2D eigenvalue weighted by Crippen LogP contribution is -2.16. The minimum absolute atomic E-state index is 0.121. The van der Waals surface area contributed by atoms with Gasteiger partial charge in [0.25, 0.3) is 5.44 Å². The molecule has 0 aliphatic carbocycles. The lowest BCUT2D eigenvalue weighted by Gasteiger charge is -2.03. The molecule has 15 heavy (non-hydrogen) atoms. The first-order valence-electron chi connectivity index (χ1n) is 4.00. The number of carboxylic acid groups (broad SMARTS) is 1. The third kappa shape index (κ3) is 3.85. The van der Waals surface area contributed by atoms with E-state index in [1.807, 2.05) is 0 Å². The van der Waals surface area contributed by atoms with E-state index in [4.69, 9.17) is 19.8 Å². The van der Waals surface area contributed by atoms with E-state index >= 15 is 0 Å². The van der Waals surface area contributed by atoms with Gasteiger partial charge in [0, 0.05) is 12.6 Å². The molecule has 7 nitrogen and oxygen atoms in total. The van der Waals surface area contributed by atoms with E-state index in [0.717, 1.165) is 6.20 Å². The second-order valence-electron chi connectivity index (χ2n) is 2.83. The van der Waals surface area contributed by atoms with Gasteiger partial charge in [-0.2, -0.15) is 14.7 Å². The van der Waals surface area contributed by atoms with Crippen LogP contribution in [0, 0.1) is 0 Å². The van der Waals surface area contributed by atoms with Gasteiger partial charge in [0.05, 0.1) is 18.3 Å². The average Bonchev–Trinajstić information content (AvgIpc) is 2.14. The number of hydrogen-bond acceptors (Lipinski definition) is 6. The van der Waals surface area contributed by atoms with Crippen molar-refractivity contribution in [3.8, 4) is 0 Å². The summed E-state index contributed by atoms with van der Waals surface area (Å²) in [6, 6.07) is 0. The first-order valence-corrected chi connectivity index (χ1v) is 5.65. The highest BCUT2D eigenvalue weighted by atomic mass is 31.2. The molecule has 0 aromatic carbocycles. The Morgan fingerprint density at radius 3 is 2.53 bits per heavy atom. The molecule has 1 aromatic heterocycles. The third-order valence-electron chi connectivity index (χ3n) is 1.57. The molecule has 8 heteroatoms. The van der Waals surface area contributed by atoms with Gasteiger partial charge in [-0.25, -0.2) is 4.98 Å². The highest BCUT2D eigenvalue weighted by Crippen LogP contribution is 2.41. The highest BCUT2D eigenvalue weighted by molar-refractivity contribution is 7.66. The third-order valence-corrected chi connectivity index (χ3v) is 2.40. The van der Waals surface area contributed by atoms with Gasteiger partial charge in [-0.15, -0.1) is 0 Å². The molecule has 0 bridgehead atoms. The van der Waals surface area contributed by atoms with Gasteiger partial charge in [0.2, 0.25) is 0 Å². The summed E-state index contributed by atoms with van der Waals surface area (Å²) in [4.78, 5) is 44.3. The normalized spacial score (nSPS) is 11.4. The second kappa shape index (κ2) is 4.59. The van der Waals surface area contributed by atoms with Gasteiger partial charge >= 0.3 is 13.9 Å². The molecule has 4 N–H and O–H groups in total. The summed E-state index contributed by atoms with van der Waals surface area (Å²) in [6.45, 7) is 0. The fourth-order valence-electron chi connectivity index (χ4n) is 0.895. The smallest absolute Gasteiger partial charge is 0.462 e. The van der Waals surface area contributed by atoms with Crippen molar-refractivity contribution in [3.05, 3.63) is 18.1 Å². The molecular formula is C7H10N2O5P+. The maximum atomic E-state index is 10.3. The first kappa shape index (κ1) is 11.9. The number of aliphatic carboxylic acids is 1. The number of aryl methyl sites for hydroxylation is 1. The van der Waals surface area contributed by atoms with Gasteiger partial charge in [-0.1, -0.05) is 0 Å². The summed E-state index contributed by atoms with van der Waals surface area (Å²) in [5, 5.41) is 8.41. The van der Waals surface area contributed by atoms with Crippen molar-refractivity contribution in [1.29, 1.82) is 0 Å². The number of carboxylic acids is 1. The van der Waals surface area contributed by atoms with Gasteiger partial charge in [-0.3, -0.25) is 9.78 Å². The van der Waals surface area contributed by atoms with Crippen molar-refractivity contribution >= 4 is 19.3 Å². The van der Waals surface area contributed by atoms with Crippen molar-refractivity contribution in [1.82, 2.24) is 9.97 Å². The zero-order valence-electron chi connectivity index (χ0n) is 7.61. The molecular weight excluding hydrogens is 223 g/mol. The molecule has 0 amide bonds. The Morgan fingerprint density at radius 1 is 1.33 bits per heavy atom. The maximum Gasteiger partial charge on any atom is 0.462 e. The standard InChI is InChI=1S/C7H9N2O5P/c10-7(11)2-1-5-3-8-4-6(9-5)15(12,13)14/h3-4,12-14H,1-2H2/p+1. The summed E-state index contributed by atoms with van der Waals surface area (Å²) in [7, 11) is -4.16. The topological polar surface area (TPSA) is 124 Å². The summed E-state index contributed by atoms with van der Waals surface area (Å²) >= 11 is 0. The molecule has 1 heterocycles. The van der Waals surface area contributed by atoms with E-state index in [2.05, 4.69) is 9.97 Å². The molecule has 0 saturated heterocycles. The highest BCUT2D eigenvalue weighted by Gasteiger charge is 2.36. The first-order chi connectivity index (χ1) is 6.89. The Kier molecular flexibility index (Phi) is 3.65. The number of nitrogens with zero attached hydrogens (tertiary/aromatic N) is 2. The number of carbonyl (C=O) groups is 1. The lowest BCUT2D eigenvalue weighted by molar-refractivity contribution is -0.136. The monoisotopic (exact) mass is 233 g/mol. The lowest BCUT2D eigenvalue weighted by atomic mass is 10.2. The zero-order chi connectivity index (χ0) is 11.5. The van der Waals surface area contributed by atoms with Crippen molar-refractivity contribution in [2.24, 2.45) is 0 Å². The van der Waals surface area contributed by atoms with Crippen molar-refractivity contribution in [2.75, 3.05) is 0 Å². The largest absolute Gasteiger partial charge is 0.481 e. The molecule has 0 aliphatic heterocycles. The van der Waals surface area contributed by atoms with E-state index in [0.29, 0.717) is 0 Å². The number of aromatic nitrogens is 2. The summed E-state index contributed by atoms with van der Waals surface area (Å²) in [6.07, 6.45) is 2.32. The number of rotatable bonds is 4. The SMILES string of the molecule is O=C(O)CCc1cncc([P+](O)(O)O)n1. The van der Waals surface area contributed by atoms with Crippen molar-refractivity contribution in [3.63, 3.8) is 0 Å².